The Morgan fingerprint density at radius 3 is 2.68 bits per heavy atom. The van der Waals surface area contributed by atoms with Crippen molar-refractivity contribution in [2.24, 2.45) is 0 Å². The van der Waals surface area contributed by atoms with Gasteiger partial charge in [-0.05, 0) is 35.7 Å². The third kappa shape index (κ3) is 3.47. The number of hydrogen-bond donors (Lipinski definition) is 0. The first-order valence-corrected chi connectivity index (χ1v) is 10.1. The molecule has 2 aromatic carbocycles. The number of methoxy groups -OCH3 is 1. The number of aromatic nitrogens is 1. The third-order valence-corrected chi connectivity index (χ3v) is 6.02. The Bertz CT molecular complexity index is 1010. The molecular weight excluding hydrogens is 370 g/mol. The van der Waals surface area contributed by atoms with E-state index in [2.05, 4.69) is 23.2 Å². The summed E-state index contributed by atoms with van der Waals surface area (Å²) in [5.41, 5.74) is 4.89. The lowest BCUT2D eigenvalue weighted by atomic mass is 9.99. The summed E-state index contributed by atoms with van der Waals surface area (Å²) in [5.74, 6) is 0.762. The maximum atomic E-state index is 13.2. The molecule has 144 valence electrons. The summed E-state index contributed by atoms with van der Waals surface area (Å²) in [6.07, 6.45) is 0.892. The average molecular weight is 394 g/mol. The van der Waals surface area contributed by atoms with E-state index in [1.54, 1.807) is 18.4 Å². The molecule has 0 atom stereocenters. The number of benzene rings is 2. The Morgan fingerprint density at radius 2 is 1.96 bits per heavy atom. The number of fused-ring (bicyclic) bond motifs is 1. The number of carbonyl (C=O) groups is 1. The van der Waals surface area contributed by atoms with Crippen LogP contribution in [-0.2, 0) is 13.0 Å². The Kier molecular flexibility index (Phi) is 5.05. The summed E-state index contributed by atoms with van der Waals surface area (Å²) in [6.45, 7) is 1.39. The molecule has 0 radical (unpaired) electrons. The van der Waals surface area contributed by atoms with Gasteiger partial charge in [-0.3, -0.25) is 4.79 Å². The highest BCUT2D eigenvalue weighted by atomic mass is 32.1. The number of rotatable bonds is 4. The van der Waals surface area contributed by atoms with Crippen LogP contribution in [0.2, 0.25) is 0 Å². The highest BCUT2D eigenvalue weighted by Gasteiger charge is 2.23. The van der Waals surface area contributed by atoms with Gasteiger partial charge in [0.25, 0.3) is 5.91 Å². The topological polar surface area (TPSA) is 45.7 Å². The van der Waals surface area contributed by atoms with E-state index in [4.69, 9.17) is 4.74 Å². The van der Waals surface area contributed by atoms with Gasteiger partial charge in [-0.15, -0.1) is 11.3 Å². The van der Waals surface area contributed by atoms with Gasteiger partial charge in [-0.1, -0.05) is 24.3 Å². The molecule has 0 spiro atoms. The van der Waals surface area contributed by atoms with Gasteiger partial charge in [0.1, 0.15) is 5.75 Å². The average Bonchev–Trinajstić information content (AvgIpc) is 3.23. The largest absolute Gasteiger partial charge is 0.496 e. The smallest absolute Gasteiger partial charge is 0.254 e. The molecule has 1 aliphatic rings. The molecule has 1 aromatic heterocycles. The first-order valence-electron chi connectivity index (χ1n) is 9.24. The van der Waals surface area contributed by atoms with Crippen LogP contribution in [0.4, 0.5) is 5.13 Å². The van der Waals surface area contributed by atoms with E-state index in [0.717, 1.165) is 35.1 Å². The van der Waals surface area contributed by atoms with Crippen LogP contribution in [0.5, 0.6) is 5.75 Å². The van der Waals surface area contributed by atoms with Gasteiger partial charge in [-0.2, -0.15) is 0 Å². The minimum atomic E-state index is 0.0430. The first-order chi connectivity index (χ1) is 13.6. The summed E-state index contributed by atoms with van der Waals surface area (Å²) < 4.78 is 5.52. The third-order valence-electron chi connectivity index (χ3n) is 5.01. The number of amides is 1. The van der Waals surface area contributed by atoms with Crippen LogP contribution in [0.25, 0.3) is 11.3 Å². The predicted molar refractivity (Wildman–Crippen MR) is 113 cm³/mol. The van der Waals surface area contributed by atoms with E-state index < -0.39 is 0 Å². The number of carbonyl (C=O) groups excluding carboxylic acids is 1. The van der Waals surface area contributed by atoms with Crippen LogP contribution >= 0.6 is 11.3 Å². The van der Waals surface area contributed by atoms with Crippen molar-refractivity contribution < 1.29 is 9.53 Å². The zero-order valence-electron chi connectivity index (χ0n) is 16.3. The number of anilines is 1. The van der Waals surface area contributed by atoms with Crippen LogP contribution < -0.4 is 9.64 Å². The van der Waals surface area contributed by atoms with Crippen molar-refractivity contribution in [3.8, 4) is 17.0 Å². The molecule has 6 heteroatoms. The molecule has 3 aromatic rings. The van der Waals surface area contributed by atoms with Gasteiger partial charge >= 0.3 is 0 Å². The van der Waals surface area contributed by atoms with Crippen molar-refractivity contribution in [3.05, 3.63) is 64.5 Å². The molecule has 0 saturated carbocycles. The SMILES string of the molecule is COc1ccc(C(=O)N2CCc3ccccc3C2)cc1-c1csc(N(C)C)n1. The fourth-order valence-electron chi connectivity index (χ4n) is 3.49. The summed E-state index contributed by atoms with van der Waals surface area (Å²) in [5, 5.41) is 2.92. The lowest BCUT2D eigenvalue weighted by molar-refractivity contribution is 0.0734. The molecule has 0 unspecified atom stereocenters. The Hall–Kier alpha value is -2.86. The number of hydrogen-bond acceptors (Lipinski definition) is 5. The second kappa shape index (κ2) is 7.64. The van der Waals surface area contributed by atoms with Crippen molar-refractivity contribution in [1.29, 1.82) is 0 Å². The van der Waals surface area contributed by atoms with Crippen molar-refractivity contribution in [1.82, 2.24) is 9.88 Å². The predicted octanol–water partition coefficient (Wildman–Crippen LogP) is 4.08. The van der Waals surface area contributed by atoms with Crippen molar-refractivity contribution in [3.63, 3.8) is 0 Å². The van der Waals surface area contributed by atoms with E-state index in [9.17, 15) is 4.79 Å². The molecule has 1 amide bonds. The van der Waals surface area contributed by atoms with E-state index in [0.29, 0.717) is 12.1 Å². The number of ether oxygens (including phenoxy) is 1. The number of thiazole rings is 1. The fraction of sp³-hybridized carbons (Fsp3) is 0.273. The normalized spacial score (nSPS) is 13.2. The Balaban J connectivity index is 1.64. The maximum Gasteiger partial charge on any atom is 0.254 e. The second-order valence-electron chi connectivity index (χ2n) is 7.07. The van der Waals surface area contributed by atoms with Crippen LogP contribution in [0, 0.1) is 0 Å². The molecule has 0 aliphatic carbocycles. The van der Waals surface area contributed by atoms with Gasteiger partial charge in [0.2, 0.25) is 0 Å². The standard InChI is InChI=1S/C22H23N3O2S/c1-24(2)22-23-19(14-28-22)18-12-16(8-9-20(18)27-3)21(26)25-11-10-15-6-4-5-7-17(15)13-25/h4-9,12,14H,10-11,13H2,1-3H3. The van der Waals surface area contributed by atoms with Gasteiger partial charge in [0.15, 0.2) is 5.13 Å². The zero-order chi connectivity index (χ0) is 19.7. The van der Waals surface area contributed by atoms with E-state index in [1.165, 1.54) is 11.1 Å². The highest BCUT2D eigenvalue weighted by molar-refractivity contribution is 7.14. The second-order valence-corrected chi connectivity index (χ2v) is 7.91. The van der Waals surface area contributed by atoms with Crippen LogP contribution in [0.3, 0.4) is 0 Å². The molecule has 5 nitrogen and oxygen atoms in total. The van der Waals surface area contributed by atoms with Gasteiger partial charge in [0, 0.05) is 43.7 Å². The van der Waals surface area contributed by atoms with Gasteiger partial charge in [0.05, 0.1) is 12.8 Å². The lowest BCUT2D eigenvalue weighted by Gasteiger charge is -2.29. The summed E-state index contributed by atoms with van der Waals surface area (Å²) in [4.78, 5) is 21.7. The van der Waals surface area contributed by atoms with E-state index in [1.807, 2.05) is 53.5 Å². The van der Waals surface area contributed by atoms with E-state index >= 15 is 0 Å². The van der Waals surface area contributed by atoms with Crippen molar-refractivity contribution >= 4 is 22.4 Å². The molecule has 0 bridgehead atoms. The Morgan fingerprint density at radius 1 is 1.18 bits per heavy atom. The highest BCUT2D eigenvalue weighted by Crippen LogP contribution is 2.34. The Labute approximate surface area is 169 Å². The minimum Gasteiger partial charge on any atom is -0.496 e. The molecule has 4 rings (SSSR count). The van der Waals surface area contributed by atoms with Crippen molar-refractivity contribution in [2.75, 3.05) is 32.6 Å². The van der Waals surface area contributed by atoms with Gasteiger partial charge in [-0.25, -0.2) is 4.98 Å². The molecule has 0 fully saturated rings. The first kappa shape index (κ1) is 18.5. The summed E-state index contributed by atoms with van der Waals surface area (Å²) in [6, 6.07) is 13.9. The monoisotopic (exact) mass is 393 g/mol. The maximum absolute atomic E-state index is 13.2. The zero-order valence-corrected chi connectivity index (χ0v) is 17.1. The summed E-state index contributed by atoms with van der Waals surface area (Å²) >= 11 is 1.57. The van der Waals surface area contributed by atoms with Gasteiger partial charge < -0.3 is 14.5 Å². The summed E-state index contributed by atoms with van der Waals surface area (Å²) in [7, 11) is 5.57. The fourth-order valence-corrected chi connectivity index (χ4v) is 4.24. The van der Waals surface area contributed by atoms with Crippen molar-refractivity contribution in [2.45, 2.75) is 13.0 Å². The quantitative estimate of drug-likeness (QED) is 0.670. The molecule has 0 saturated heterocycles. The molecule has 28 heavy (non-hydrogen) atoms. The number of nitrogens with zero attached hydrogens (tertiary/aromatic N) is 3. The molecule has 1 aliphatic heterocycles. The van der Waals surface area contributed by atoms with Crippen LogP contribution in [-0.4, -0.2) is 43.5 Å². The molecular formula is C22H23N3O2S. The molecule has 2 heterocycles. The van der Waals surface area contributed by atoms with Crippen LogP contribution in [0.1, 0.15) is 21.5 Å². The minimum absolute atomic E-state index is 0.0430. The lowest BCUT2D eigenvalue weighted by Crippen LogP contribution is -2.35. The van der Waals surface area contributed by atoms with E-state index in [-0.39, 0.29) is 5.91 Å². The molecule has 0 N–H and O–H groups in total. The van der Waals surface area contributed by atoms with Crippen LogP contribution in [0.15, 0.2) is 47.8 Å².